The van der Waals surface area contributed by atoms with E-state index >= 15 is 0 Å². The first kappa shape index (κ1) is 13.6. The Balaban J connectivity index is 1.65. The summed E-state index contributed by atoms with van der Waals surface area (Å²) in [5, 5.41) is 7.30. The molecule has 0 radical (unpaired) electrons. The van der Waals surface area contributed by atoms with E-state index in [1.807, 2.05) is 0 Å². The molecule has 0 aromatic heterocycles. The highest BCUT2D eigenvalue weighted by Gasteiger charge is 2.52. The zero-order chi connectivity index (χ0) is 14.3. The summed E-state index contributed by atoms with van der Waals surface area (Å²) in [7, 11) is 0. The molecule has 0 atom stereocenters. The van der Waals surface area contributed by atoms with Gasteiger partial charge in [0.15, 0.2) is 5.11 Å². The van der Waals surface area contributed by atoms with E-state index in [1.165, 1.54) is 0 Å². The van der Waals surface area contributed by atoms with E-state index in [2.05, 4.69) is 23.0 Å². The van der Waals surface area contributed by atoms with Crippen molar-refractivity contribution in [2.45, 2.75) is 57.0 Å². The van der Waals surface area contributed by atoms with Crippen LogP contribution in [0.3, 0.4) is 0 Å². The summed E-state index contributed by atoms with van der Waals surface area (Å²) < 4.78 is 0. The van der Waals surface area contributed by atoms with Crippen molar-refractivity contribution in [1.82, 2.24) is 21.1 Å². The molecule has 2 aliphatic carbocycles. The van der Waals surface area contributed by atoms with Crippen molar-refractivity contribution in [2.75, 3.05) is 0 Å². The Morgan fingerprint density at radius 2 is 1.95 bits per heavy atom. The van der Waals surface area contributed by atoms with Gasteiger partial charge in [-0.3, -0.25) is 10.2 Å². The maximum absolute atomic E-state index is 12.5. The van der Waals surface area contributed by atoms with E-state index < -0.39 is 11.6 Å². The molecule has 1 saturated heterocycles. The van der Waals surface area contributed by atoms with Gasteiger partial charge in [-0.1, -0.05) is 6.92 Å². The molecular formula is C13H20N4O2S. The van der Waals surface area contributed by atoms with Gasteiger partial charge in [-0.15, -0.1) is 0 Å². The molecule has 3 aliphatic rings. The topological polar surface area (TPSA) is 73.5 Å². The Morgan fingerprint density at radius 3 is 2.55 bits per heavy atom. The van der Waals surface area contributed by atoms with Gasteiger partial charge in [-0.05, 0) is 56.7 Å². The number of carbonyl (C=O) groups excluding carboxylic acids is 2. The van der Waals surface area contributed by atoms with Gasteiger partial charge >= 0.3 is 6.03 Å². The second-order valence-electron chi connectivity index (χ2n) is 6.19. The molecule has 0 bridgehead atoms. The van der Waals surface area contributed by atoms with Crippen molar-refractivity contribution in [3.05, 3.63) is 0 Å². The van der Waals surface area contributed by atoms with Crippen LogP contribution in [0, 0.1) is 5.92 Å². The van der Waals surface area contributed by atoms with E-state index in [0.29, 0.717) is 29.9 Å². The summed E-state index contributed by atoms with van der Waals surface area (Å²) >= 11 is 5.13. The molecule has 0 aromatic rings. The highest BCUT2D eigenvalue weighted by Crippen LogP contribution is 2.35. The molecule has 1 spiro atoms. The molecule has 0 aromatic carbocycles. The standard InChI is InChI=1S/C13H20N4O2S/c1-8-4-6-13(7-5-8)10(18)17(12(19)15-13)16-11(20)14-9-2-3-9/h8-9H,2-7H2,1H3,(H,15,19)(H2,14,16,20). The van der Waals surface area contributed by atoms with Crippen molar-refractivity contribution >= 4 is 29.3 Å². The number of hydrogen-bond acceptors (Lipinski definition) is 3. The predicted molar refractivity (Wildman–Crippen MR) is 77.6 cm³/mol. The quantitative estimate of drug-likeness (QED) is 0.524. The number of nitrogens with one attached hydrogen (secondary N) is 3. The molecule has 110 valence electrons. The fourth-order valence-electron chi connectivity index (χ4n) is 2.86. The molecule has 20 heavy (non-hydrogen) atoms. The van der Waals surface area contributed by atoms with Crippen molar-refractivity contribution in [2.24, 2.45) is 5.92 Å². The first-order chi connectivity index (χ1) is 9.50. The Bertz CT molecular complexity index is 455. The fraction of sp³-hybridized carbons (Fsp3) is 0.769. The molecule has 3 rings (SSSR count). The minimum Gasteiger partial charge on any atom is -0.359 e. The molecule has 3 amide bonds. The highest BCUT2D eigenvalue weighted by molar-refractivity contribution is 7.80. The summed E-state index contributed by atoms with van der Waals surface area (Å²) in [5.41, 5.74) is 2.01. The molecule has 6 nitrogen and oxygen atoms in total. The number of thiocarbonyl (C=S) groups is 1. The maximum Gasteiger partial charge on any atom is 0.344 e. The lowest BCUT2D eigenvalue weighted by Gasteiger charge is -2.33. The van der Waals surface area contributed by atoms with Gasteiger partial charge in [0.25, 0.3) is 5.91 Å². The Hall–Kier alpha value is -1.37. The van der Waals surface area contributed by atoms with Crippen LogP contribution in [0.4, 0.5) is 4.79 Å². The smallest absolute Gasteiger partial charge is 0.344 e. The van der Waals surface area contributed by atoms with Crippen LogP contribution < -0.4 is 16.1 Å². The van der Waals surface area contributed by atoms with Crippen LogP contribution in [0.2, 0.25) is 0 Å². The maximum atomic E-state index is 12.5. The summed E-state index contributed by atoms with van der Waals surface area (Å²) in [6.45, 7) is 2.18. The highest BCUT2D eigenvalue weighted by atomic mass is 32.1. The molecular weight excluding hydrogens is 276 g/mol. The number of carbonyl (C=O) groups is 2. The van der Waals surface area contributed by atoms with Crippen LogP contribution in [0.15, 0.2) is 0 Å². The first-order valence-electron chi connectivity index (χ1n) is 7.24. The molecule has 0 unspecified atom stereocenters. The minimum absolute atomic E-state index is 0.200. The molecule has 2 saturated carbocycles. The summed E-state index contributed by atoms with van der Waals surface area (Å²) in [6.07, 6.45) is 5.52. The van der Waals surface area contributed by atoms with Gasteiger partial charge < -0.3 is 10.6 Å². The van der Waals surface area contributed by atoms with E-state index in [1.54, 1.807) is 0 Å². The third-order valence-electron chi connectivity index (χ3n) is 4.42. The van der Waals surface area contributed by atoms with Crippen molar-refractivity contribution in [3.63, 3.8) is 0 Å². The van der Waals surface area contributed by atoms with E-state index in [-0.39, 0.29) is 5.91 Å². The van der Waals surface area contributed by atoms with Gasteiger partial charge in [-0.2, -0.15) is 5.01 Å². The van der Waals surface area contributed by atoms with Crippen LogP contribution in [0.25, 0.3) is 0 Å². The van der Waals surface area contributed by atoms with Crippen molar-refractivity contribution < 1.29 is 9.59 Å². The molecule has 7 heteroatoms. The number of urea groups is 1. The average molecular weight is 296 g/mol. The van der Waals surface area contributed by atoms with Gasteiger partial charge in [0.05, 0.1) is 0 Å². The Kier molecular flexibility index (Phi) is 3.32. The van der Waals surface area contributed by atoms with Crippen LogP contribution in [0.5, 0.6) is 0 Å². The van der Waals surface area contributed by atoms with E-state index in [4.69, 9.17) is 12.2 Å². The zero-order valence-electron chi connectivity index (χ0n) is 11.6. The summed E-state index contributed by atoms with van der Waals surface area (Å²) in [6, 6.07) is -0.00948. The lowest BCUT2D eigenvalue weighted by Crippen LogP contribution is -2.53. The number of hydrogen-bond donors (Lipinski definition) is 3. The predicted octanol–water partition coefficient (Wildman–Crippen LogP) is 1.03. The second-order valence-corrected chi connectivity index (χ2v) is 6.60. The number of hydrazine groups is 1. The number of amides is 3. The normalized spacial score (nSPS) is 33.2. The summed E-state index contributed by atoms with van der Waals surface area (Å²) in [5.74, 6) is 0.416. The van der Waals surface area contributed by atoms with Crippen LogP contribution in [-0.4, -0.2) is 33.6 Å². The lowest BCUT2D eigenvalue weighted by molar-refractivity contribution is -0.133. The monoisotopic (exact) mass is 296 g/mol. The number of imide groups is 1. The molecule has 1 aliphatic heterocycles. The van der Waals surface area contributed by atoms with Crippen molar-refractivity contribution in [1.29, 1.82) is 0 Å². The fourth-order valence-corrected chi connectivity index (χ4v) is 3.12. The first-order valence-corrected chi connectivity index (χ1v) is 7.65. The Labute approximate surface area is 123 Å². The second kappa shape index (κ2) is 4.87. The molecule has 1 heterocycles. The van der Waals surface area contributed by atoms with E-state index in [9.17, 15) is 9.59 Å². The molecule has 3 fully saturated rings. The lowest BCUT2D eigenvalue weighted by atomic mass is 9.77. The van der Waals surface area contributed by atoms with Gasteiger partial charge in [0, 0.05) is 6.04 Å². The van der Waals surface area contributed by atoms with Gasteiger partial charge in [0.1, 0.15) is 5.54 Å². The van der Waals surface area contributed by atoms with Crippen molar-refractivity contribution in [3.8, 4) is 0 Å². The average Bonchev–Trinajstić information content (AvgIpc) is 3.18. The SMILES string of the molecule is CC1CCC2(CC1)NC(=O)N(NC(=S)NC1CC1)C2=O. The van der Waals surface area contributed by atoms with Gasteiger partial charge in [-0.25, -0.2) is 4.79 Å². The van der Waals surface area contributed by atoms with Crippen LogP contribution in [-0.2, 0) is 4.79 Å². The largest absolute Gasteiger partial charge is 0.359 e. The van der Waals surface area contributed by atoms with Gasteiger partial charge in [0.2, 0.25) is 0 Å². The minimum atomic E-state index is -0.716. The van der Waals surface area contributed by atoms with Crippen LogP contribution in [0.1, 0.15) is 45.4 Å². The third-order valence-corrected chi connectivity index (χ3v) is 4.62. The number of nitrogens with zero attached hydrogens (tertiary/aromatic N) is 1. The van der Waals surface area contributed by atoms with E-state index in [0.717, 1.165) is 30.7 Å². The number of rotatable bonds is 2. The molecule has 3 N–H and O–H groups in total. The third kappa shape index (κ3) is 2.46. The Morgan fingerprint density at radius 1 is 1.30 bits per heavy atom. The zero-order valence-corrected chi connectivity index (χ0v) is 12.4. The van der Waals surface area contributed by atoms with Crippen LogP contribution >= 0.6 is 12.2 Å². The summed E-state index contributed by atoms with van der Waals surface area (Å²) in [4.78, 5) is 24.5.